The Morgan fingerprint density at radius 2 is 0.776 bits per heavy atom. The Kier molecular flexibility index (Phi) is 44.5. The van der Waals surface area contributed by atoms with Gasteiger partial charge >= 0.3 is 17.9 Å². The van der Waals surface area contributed by atoms with Crippen LogP contribution >= 0.6 is 0 Å². The first-order chi connectivity index (χ1) is 28.5. The molecule has 58 heavy (non-hydrogen) atoms. The SMILES string of the molecule is CC/C=C\C/C=C\C/C=C\CC(=O)OCC(COC(=O)CCCCCCCCCCCC/C=C\C=C/CCCCC)OC(=O)CCCCCCCCCCCCCC. The van der Waals surface area contributed by atoms with E-state index in [-0.39, 0.29) is 31.6 Å². The van der Waals surface area contributed by atoms with Gasteiger partial charge in [0.05, 0.1) is 6.42 Å². The number of carbonyl (C=O) groups is 3. The van der Waals surface area contributed by atoms with Gasteiger partial charge in [-0.25, -0.2) is 0 Å². The lowest BCUT2D eigenvalue weighted by Gasteiger charge is -2.18. The van der Waals surface area contributed by atoms with E-state index in [4.69, 9.17) is 14.2 Å². The van der Waals surface area contributed by atoms with Crippen molar-refractivity contribution in [3.8, 4) is 0 Å². The van der Waals surface area contributed by atoms with Crippen molar-refractivity contribution in [1.29, 1.82) is 0 Å². The second-order valence-electron chi connectivity index (χ2n) is 16.0. The topological polar surface area (TPSA) is 78.9 Å². The summed E-state index contributed by atoms with van der Waals surface area (Å²) in [6.45, 7) is 6.39. The smallest absolute Gasteiger partial charge is 0.309 e. The lowest BCUT2D eigenvalue weighted by molar-refractivity contribution is -0.166. The monoisotopic (exact) mass is 811 g/mol. The molecule has 0 radical (unpaired) electrons. The summed E-state index contributed by atoms with van der Waals surface area (Å²) in [5, 5.41) is 0. The predicted molar refractivity (Wildman–Crippen MR) is 247 cm³/mol. The first-order valence-corrected chi connectivity index (χ1v) is 24.3. The molecule has 0 N–H and O–H groups in total. The summed E-state index contributed by atoms with van der Waals surface area (Å²) in [4.78, 5) is 37.7. The largest absolute Gasteiger partial charge is 0.462 e. The van der Waals surface area contributed by atoms with Crippen LogP contribution in [0.3, 0.4) is 0 Å². The van der Waals surface area contributed by atoms with Gasteiger partial charge in [0.25, 0.3) is 0 Å². The molecule has 0 saturated heterocycles. The van der Waals surface area contributed by atoms with E-state index in [0.717, 1.165) is 57.8 Å². The average molecular weight is 811 g/mol. The van der Waals surface area contributed by atoms with Crippen molar-refractivity contribution in [3.05, 3.63) is 60.8 Å². The van der Waals surface area contributed by atoms with E-state index < -0.39 is 12.1 Å². The molecule has 0 fully saturated rings. The van der Waals surface area contributed by atoms with Gasteiger partial charge in [-0.2, -0.15) is 0 Å². The number of rotatable bonds is 43. The molecule has 6 heteroatoms. The maximum absolute atomic E-state index is 12.7. The molecule has 0 saturated carbocycles. The van der Waals surface area contributed by atoms with E-state index in [0.29, 0.717) is 12.8 Å². The molecular weight excluding hydrogens is 721 g/mol. The molecule has 334 valence electrons. The van der Waals surface area contributed by atoms with E-state index in [1.54, 1.807) is 6.08 Å². The van der Waals surface area contributed by atoms with Gasteiger partial charge in [0.2, 0.25) is 0 Å². The second kappa shape index (κ2) is 46.8. The van der Waals surface area contributed by atoms with E-state index in [1.807, 2.05) is 6.08 Å². The van der Waals surface area contributed by atoms with E-state index in [9.17, 15) is 14.4 Å². The van der Waals surface area contributed by atoms with E-state index >= 15 is 0 Å². The molecule has 1 unspecified atom stereocenters. The highest BCUT2D eigenvalue weighted by Gasteiger charge is 2.19. The van der Waals surface area contributed by atoms with Gasteiger partial charge < -0.3 is 14.2 Å². The molecular formula is C52H90O6. The Labute approximate surface area is 358 Å². The van der Waals surface area contributed by atoms with Crippen molar-refractivity contribution in [2.45, 2.75) is 239 Å². The van der Waals surface area contributed by atoms with Gasteiger partial charge in [0, 0.05) is 12.8 Å². The zero-order valence-corrected chi connectivity index (χ0v) is 38.0. The number of allylic oxidation sites excluding steroid dienone is 9. The van der Waals surface area contributed by atoms with Gasteiger partial charge in [0.15, 0.2) is 6.10 Å². The summed E-state index contributed by atoms with van der Waals surface area (Å²) in [5.74, 6) is -1.03. The first-order valence-electron chi connectivity index (χ1n) is 24.3. The molecule has 6 nitrogen and oxygen atoms in total. The van der Waals surface area contributed by atoms with Crippen LogP contribution in [0.5, 0.6) is 0 Å². The molecule has 1 atom stereocenters. The Balaban J connectivity index is 4.33. The van der Waals surface area contributed by atoms with E-state index in [1.165, 1.54) is 135 Å². The molecule has 0 rings (SSSR count). The molecule has 0 bridgehead atoms. The molecule has 0 aromatic rings. The highest BCUT2D eigenvalue weighted by Crippen LogP contribution is 2.15. The third-order valence-corrected chi connectivity index (χ3v) is 10.3. The number of unbranched alkanes of at least 4 members (excludes halogenated alkanes) is 24. The standard InChI is InChI=1S/C52H90O6/c1-4-7-10-13-16-19-21-23-24-25-26-27-28-29-31-33-36-39-42-45-51(54)57-48-49(47-56-50(53)44-41-38-35-32-18-15-12-9-6-3)58-52(55)46-43-40-37-34-30-22-20-17-14-11-8-5-2/h9,12,16,18-19,21,23,32,38,41,49H,4-8,10-11,13-15,17,20,22,24-31,33-37,39-40,42-48H2,1-3H3/b12-9-,19-16-,23-21-,32-18-,41-38-. The maximum Gasteiger partial charge on any atom is 0.309 e. The minimum atomic E-state index is -0.806. The summed E-state index contributed by atoms with van der Waals surface area (Å²) >= 11 is 0. The third-order valence-electron chi connectivity index (χ3n) is 10.3. The van der Waals surface area contributed by atoms with Gasteiger partial charge in [0.1, 0.15) is 13.2 Å². The highest BCUT2D eigenvalue weighted by molar-refractivity contribution is 5.72. The van der Waals surface area contributed by atoms with Crippen molar-refractivity contribution in [2.75, 3.05) is 13.2 Å². The average Bonchev–Trinajstić information content (AvgIpc) is 3.22. The number of carbonyl (C=O) groups excluding carboxylic acids is 3. The Bertz CT molecular complexity index is 1070. The van der Waals surface area contributed by atoms with Crippen LogP contribution in [0.1, 0.15) is 233 Å². The van der Waals surface area contributed by atoms with Crippen molar-refractivity contribution in [3.63, 3.8) is 0 Å². The van der Waals surface area contributed by atoms with Crippen LogP contribution in [-0.2, 0) is 28.6 Å². The van der Waals surface area contributed by atoms with Crippen LogP contribution in [0.15, 0.2) is 60.8 Å². The molecule has 0 aromatic heterocycles. The summed E-state index contributed by atoms with van der Waals surface area (Å²) in [5.41, 5.74) is 0. The zero-order chi connectivity index (χ0) is 42.3. The number of ether oxygens (including phenoxy) is 3. The molecule has 0 spiro atoms. The summed E-state index contributed by atoms with van der Waals surface area (Å²) in [7, 11) is 0. The van der Waals surface area contributed by atoms with Crippen LogP contribution in [0, 0.1) is 0 Å². The van der Waals surface area contributed by atoms with Crippen LogP contribution in [0.2, 0.25) is 0 Å². The fourth-order valence-corrected chi connectivity index (χ4v) is 6.67. The summed E-state index contributed by atoms with van der Waals surface area (Å²) in [6, 6.07) is 0. The molecule has 0 aliphatic heterocycles. The van der Waals surface area contributed by atoms with Crippen LogP contribution < -0.4 is 0 Å². The first kappa shape index (κ1) is 55.1. The summed E-state index contributed by atoms with van der Waals surface area (Å²) < 4.78 is 16.6. The molecule has 0 amide bonds. The zero-order valence-electron chi connectivity index (χ0n) is 38.0. The minimum absolute atomic E-state index is 0.101. The third kappa shape index (κ3) is 44.2. The normalized spacial score (nSPS) is 12.5. The maximum atomic E-state index is 12.7. The lowest BCUT2D eigenvalue weighted by atomic mass is 10.0. The van der Waals surface area contributed by atoms with Gasteiger partial charge in [-0.1, -0.05) is 216 Å². The second-order valence-corrected chi connectivity index (χ2v) is 16.0. The number of hydrogen-bond acceptors (Lipinski definition) is 6. The molecule has 0 heterocycles. The highest BCUT2D eigenvalue weighted by atomic mass is 16.6. The van der Waals surface area contributed by atoms with Crippen LogP contribution in [0.4, 0.5) is 0 Å². The lowest BCUT2D eigenvalue weighted by Crippen LogP contribution is -2.30. The predicted octanol–water partition coefficient (Wildman–Crippen LogP) is 15.7. The Morgan fingerprint density at radius 3 is 1.28 bits per heavy atom. The fraction of sp³-hybridized carbons (Fsp3) is 0.750. The van der Waals surface area contributed by atoms with E-state index in [2.05, 4.69) is 69.4 Å². The molecule has 0 aliphatic carbocycles. The van der Waals surface area contributed by atoms with Crippen molar-refractivity contribution in [2.24, 2.45) is 0 Å². The molecule has 0 aromatic carbocycles. The van der Waals surface area contributed by atoms with Crippen LogP contribution in [0.25, 0.3) is 0 Å². The van der Waals surface area contributed by atoms with Crippen LogP contribution in [-0.4, -0.2) is 37.2 Å². The van der Waals surface area contributed by atoms with Gasteiger partial charge in [-0.3, -0.25) is 14.4 Å². The van der Waals surface area contributed by atoms with Crippen molar-refractivity contribution >= 4 is 17.9 Å². The van der Waals surface area contributed by atoms with Crippen molar-refractivity contribution in [1.82, 2.24) is 0 Å². The summed E-state index contributed by atoms with van der Waals surface area (Å²) in [6.07, 6.45) is 56.7. The minimum Gasteiger partial charge on any atom is -0.462 e. The Morgan fingerprint density at radius 1 is 0.397 bits per heavy atom. The number of hydrogen-bond donors (Lipinski definition) is 0. The Hall–Kier alpha value is -2.89. The fourth-order valence-electron chi connectivity index (χ4n) is 6.67. The quantitative estimate of drug-likeness (QED) is 0.0201. The van der Waals surface area contributed by atoms with Gasteiger partial charge in [-0.15, -0.1) is 0 Å². The molecule has 0 aliphatic rings. The number of esters is 3. The van der Waals surface area contributed by atoms with Crippen molar-refractivity contribution < 1.29 is 28.6 Å². The van der Waals surface area contributed by atoms with Gasteiger partial charge in [-0.05, 0) is 57.8 Å².